The standard InChI is InChI=1S/C8H7ClFNO2/c1-3-12-7-4(10)2-5(11)6(9)8(7)13-3/h2-3H,11H2,1H3. The molecule has 1 aromatic carbocycles. The van der Waals surface area contributed by atoms with Gasteiger partial charge >= 0.3 is 0 Å². The molecule has 0 aliphatic carbocycles. The van der Waals surface area contributed by atoms with Crippen molar-refractivity contribution in [2.45, 2.75) is 13.2 Å². The van der Waals surface area contributed by atoms with Gasteiger partial charge in [-0.1, -0.05) is 11.6 Å². The van der Waals surface area contributed by atoms with Gasteiger partial charge in [0.25, 0.3) is 0 Å². The molecule has 0 saturated heterocycles. The Morgan fingerprint density at radius 3 is 2.77 bits per heavy atom. The second-order valence-electron chi connectivity index (χ2n) is 2.72. The maximum absolute atomic E-state index is 13.2. The van der Waals surface area contributed by atoms with Crippen molar-refractivity contribution in [3.63, 3.8) is 0 Å². The summed E-state index contributed by atoms with van der Waals surface area (Å²) in [7, 11) is 0. The summed E-state index contributed by atoms with van der Waals surface area (Å²) in [6, 6.07) is 1.11. The predicted octanol–water partition coefficient (Wildman–Crippen LogP) is 2.18. The van der Waals surface area contributed by atoms with Gasteiger partial charge in [-0.25, -0.2) is 4.39 Å². The molecule has 0 spiro atoms. The van der Waals surface area contributed by atoms with Crippen LogP contribution in [0.15, 0.2) is 6.07 Å². The first-order valence-corrected chi connectivity index (χ1v) is 4.08. The number of ether oxygens (including phenoxy) is 2. The van der Waals surface area contributed by atoms with Crippen molar-refractivity contribution in [2.24, 2.45) is 0 Å². The fourth-order valence-corrected chi connectivity index (χ4v) is 1.36. The van der Waals surface area contributed by atoms with E-state index in [1.807, 2.05) is 0 Å². The van der Waals surface area contributed by atoms with E-state index in [0.29, 0.717) is 0 Å². The average Bonchev–Trinajstić information content (AvgIpc) is 2.44. The van der Waals surface area contributed by atoms with Crippen LogP contribution in [-0.4, -0.2) is 6.29 Å². The molecule has 5 heteroatoms. The zero-order valence-corrected chi connectivity index (χ0v) is 7.56. The van der Waals surface area contributed by atoms with Gasteiger partial charge in [-0.2, -0.15) is 0 Å². The van der Waals surface area contributed by atoms with Crippen molar-refractivity contribution in [3.05, 3.63) is 16.9 Å². The quantitative estimate of drug-likeness (QED) is 0.658. The molecule has 1 aliphatic rings. The summed E-state index contributed by atoms with van der Waals surface area (Å²) >= 11 is 5.78. The van der Waals surface area contributed by atoms with Crippen molar-refractivity contribution < 1.29 is 13.9 Å². The van der Waals surface area contributed by atoms with Crippen LogP contribution in [0.4, 0.5) is 10.1 Å². The molecule has 70 valence electrons. The molecule has 0 amide bonds. The predicted molar refractivity (Wildman–Crippen MR) is 46.5 cm³/mol. The second-order valence-corrected chi connectivity index (χ2v) is 3.10. The summed E-state index contributed by atoms with van der Waals surface area (Å²) in [5.74, 6) is -0.334. The van der Waals surface area contributed by atoms with Crippen molar-refractivity contribution >= 4 is 17.3 Å². The van der Waals surface area contributed by atoms with Crippen molar-refractivity contribution in [3.8, 4) is 11.5 Å². The lowest BCUT2D eigenvalue weighted by molar-refractivity contribution is 0.0659. The maximum Gasteiger partial charge on any atom is 0.239 e. The highest BCUT2D eigenvalue weighted by molar-refractivity contribution is 6.34. The molecule has 0 aromatic heterocycles. The van der Waals surface area contributed by atoms with Crippen LogP contribution in [0, 0.1) is 5.82 Å². The third-order valence-corrected chi connectivity index (χ3v) is 2.12. The number of nitrogens with two attached hydrogens (primary N) is 1. The van der Waals surface area contributed by atoms with Gasteiger partial charge in [0.05, 0.1) is 5.69 Å². The van der Waals surface area contributed by atoms with Gasteiger partial charge in [0.15, 0.2) is 11.6 Å². The topological polar surface area (TPSA) is 44.5 Å². The van der Waals surface area contributed by atoms with E-state index < -0.39 is 12.1 Å². The second kappa shape index (κ2) is 2.67. The smallest absolute Gasteiger partial charge is 0.239 e. The largest absolute Gasteiger partial charge is 0.450 e. The molecule has 13 heavy (non-hydrogen) atoms. The van der Waals surface area contributed by atoms with Crippen molar-refractivity contribution in [2.75, 3.05) is 5.73 Å². The maximum atomic E-state index is 13.2. The highest BCUT2D eigenvalue weighted by Crippen LogP contribution is 2.45. The summed E-state index contributed by atoms with van der Waals surface area (Å²) in [4.78, 5) is 0. The monoisotopic (exact) mass is 203 g/mol. The summed E-state index contributed by atoms with van der Waals surface area (Å²) in [6.45, 7) is 1.64. The number of hydrogen-bond donors (Lipinski definition) is 1. The molecule has 1 aromatic rings. The number of nitrogen functional groups attached to an aromatic ring is 1. The minimum Gasteiger partial charge on any atom is -0.450 e. The molecule has 1 unspecified atom stereocenters. The Hall–Kier alpha value is -1.16. The number of benzene rings is 1. The lowest BCUT2D eigenvalue weighted by Gasteiger charge is -2.02. The Balaban J connectivity index is 2.62. The summed E-state index contributed by atoms with van der Waals surface area (Å²) in [5.41, 5.74) is 5.58. The number of hydrogen-bond acceptors (Lipinski definition) is 3. The molecule has 2 rings (SSSR count). The number of halogens is 2. The first-order valence-electron chi connectivity index (χ1n) is 3.70. The zero-order valence-electron chi connectivity index (χ0n) is 6.80. The molecule has 0 bridgehead atoms. The summed E-state index contributed by atoms with van der Waals surface area (Å²) in [6.07, 6.45) is -0.524. The van der Waals surface area contributed by atoms with Gasteiger partial charge in [0.2, 0.25) is 12.0 Å². The Labute approximate surface area is 79.2 Å². The van der Waals surface area contributed by atoms with Gasteiger partial charge < -0.3 is 15.2 Å². The fourth-order valence-electron chi connectivity index (χ4n) is 1.18. The summed E-state index contributed by atoms with van der Waals surface area (Å²) in [5, 5.41) is 0.195. The van der Waals surface area contributed by atoms with Gasteiger partial charge in [-0.15, -0.1) is 0 Å². The number of rotatable bonds is 0. The fraction of sp³-hybridized carbons (Fsp3) is 0.250. The molecule has 0 saturated carbocycles. The van der Waals surface area contributed by atoms with E-state index in [1.54, 1.807) is 6.92 Å². The molecule has 3 nitrogen and oxygen atoms in total. The molecule has 1 heterocycles. The van der Waals surface area contributed by atoms with E-state index >= 15 is 0 Å². The number of anilines is 1. The van der Waals surface area contributed by atoms with Crippen molar-refractivity contribution in [1.82, 2.24) is 0 Å². The van der Waals surface area contributed by atoms with Crippen LogP contribution < -0.4 is 15.2 Å². The molecular weight excluding hydrogens is 197 g/mol. The van der Waals surface area contributed by atoms with Gasteiger partial charge in [-0.05, 0) is 0 Å². The lowest BCUT2D eigenvalue weighted by atomic mass is 10.2. The van der Waals surface area contributed by atoms with E-state index in [4.69, 9.17) is 26.8 Å². The van der Waals surface area contributed by atoms with E-state index in [2.05, 4.69) is 0 Å². The minimum atomic E-state index is -0.554. The van der Waals surface area contributed by atoms with Crippen LogP contribution in [0.2, 0.25) is 5.02 Å². The van der Waals surface area contributed by atoms with E-state index in [9.17, 15) is 4.39 Å². The van der Waals surface area contributed by atoms with Crippen LogP contribution in [0.5, 0.6) is 11.5 Å². The van der Waals surface area contributed by atoms with Crippen LogP contribution in [0.1, 0.15) is 6.92 Å². The Bertz CT molecular complexity index is 370. The minimum absolute atomic E-state index is 0.0340. The van der Waals surface area contributed by atoms with Gasteiger partial charge in [-0.3, -0.25) is 0 Å². The first-order chi connectivity index (χ1) is 6.09. The zero-order chi connectivity index (χ0) is 9.59. The highest BCUT2D eigenvalue weighted by atomic mass is 35.5. The Kier molecular flexibility index (Phi) is 1.73. The molecule has 0 radical (unpaired) electrons. The van der Waals surface area contributed by atoms with Crippen molar-refractivity contribution in [1.29, 1.82) is 0 Å². The molecular formula is C8H7ClFNO2. The van der Waals surface area contributed by atoms with Crippen LogP contribution in [0.3, 0.4) is 0 Å². The Morgan fingerprint density at radius 1 is 1.46 bits per heavy atom. The van der Waals surface area contributed by atoms with E-state index in [-0.39, 0.29) is 22.2 Å². The van der Waals surface area contributed by atoms with Crippen LogP contribution in [0.25, 0.3) is 0 Å². The Morgan fingerprint density at radius 2 is 2.08 bits per heavy atom. The lowest BCUT2D eigenvalue weighted by Crippen LogP contribution is -2.11. The highest BCUT2D eigenvalue weighted by Gasteiger charge is 2.28. The van der Waals surface area contributed by atoms with Crippen LogP contribution >= 0.6 is 11.6 Å². The molecule has 0 fully saturated rings. The van der Waals surface area contributed by atoms with Gasteiger partial charge in [0, 0.05) is 13.0 Å². The van der Waals surface area contributed by atoms with E-state index in [0.717, 1.165) is 6.07 Å². The first kappa shape index (κ1) is 8.44. The molecule has 1 atom stereocenters. The third kappa shape index (κ3) is 1.18. The average molecular weight is 204 g/mol. The van der Waals surface area contributed by atoms with E-state index in [1.165, 1.54) is 0 Å². The van der Waals surface area contributed by atoms with Crippen LogP contribution in [-0.2, 0) is 0 Å². The number of fused-ring (bicyclic) bond motifs is 1. The molecule has 1 aliphatic heterocycles. The summed E-state index contributed by atoms with van der Waals surface area (Å²) < 4.78 is 23.3. The van der Waals surface area contributed by atoms with Gasteiger partial charge in [0.1, 0.15) is 5.02 Å². The molecule has 2 N–H and O–H groups in total. The normalized spacial score (nSPS) is 19.2. The SMILES string of the molecule is CC1Oc2c(F)cc(N)c(Cl)c2O1. The third-order valence-electron chi connectivity index (χ3n) is 1.73.